The fourth-order valence-electron chi connectivity index (χ4n) is 2.13. The lowest BCUT2D eigenvalue weighted by Gasteiger charge is -2.24. The van der Waals surface area contributed by atoms with Gasteiger partial charge in [-0.2, -0.15) is 0 Å². The van der Waals surface area contributed by atoms with Gasteiger partial charge in [0.15, 0.2) is 0 Å². The van der Waals surface area contributed by atoms with E-state index < -0.39 is 0 Å². The molecule has 1 unspecified atom stereocenters. The maximum Gasteiger partial charge on any atom is 0.135 e. The molecule has 2 N–H and O–H groups in total. The molecule has 0 saturated carbocycles. The first kappa shape index (κ1) is 17.7. The van der Waals surface area contributed by atoms with Gasteiger partial charge in [0, 0.05) is 25.6 Å². The zero-order chi connectivity index (χ0) is 15.8. The summed E-state index contributed by atoms with van der Waals surface area (Å²) >= 11 is 0. The van der Waals surface area contributed by atoms with E-state index in [9.17, 15) is 0 Å². The molecule has 1 heterocycles. The molecule has 0 amide bonds. The summed E-state index contributed by atoms with van der Waals surface area (Å²) in [6.07, 6.45) is 1.93. The molecule has 0 bridgehead atoms. The van der Waals surface area contributed by atoms with Crippen molar-refractivity contribution in [3.05, 3.63) is 11.4 Å². The van der Waals surface area contributed by atoms with Crippen molar-refractivity contribution in [2.45, 2.75) is 53.5 Å². The third-order valence-corrected chi connectivity index (χ3v) is 3.48. The summed E-state index contributed by atoms with van der Waals surface area (Å²) in [5.41, 5.74) is 1.07. The van der Waals surface area contributed by atoms with E-state index in [1.807, 2.05) is 0 Å². The highest BCUT2D eigenvalue weighted by molar-refractivity contribution is 5.57. The van der Waals surface area contributed by atoms with Crippen LogP contribution in [0.25, 0.3) is 0 Å². The summed E-state index contributed by atoms with van der Waals surface area (Å²) in [6.45, 7) is 12.2. The van der Waals surface area contributed by atoms with Crippen LogP contribution in [0.3, 0.4) is 0 Å². The summed E-state index contributed by atoms with van der Waals surface area (Å²) < 4.78 is 5.31. The van der Waals surface area contributed by atoms with Crippen LogP contribution in [0.2, 0.25) is 0 Å². The van der Waals surface area contributed by atoms with Gasteiger partial charge in [-0.25, -0.2) is 9.97 Å². The topological polar surface area (TPSA) is 59.1 Å². The van der Waals surface area contributed by atoms with Gasteiger partial charge in [-0.15, -0.1) is 0 Å². The Labute approximate surface area is 128 Å². The van der Waals surface area contributed by atoms with Gasteiger partial charge >= 0.3 is 0 Å². The lowest BCUT2D eigenvalue weighted by molar-refractivity contribution is 0.171. The smallest absolute Gasteiger partial charge is 0.135 e. The number of rotatable bonds is 9. The first-order valence-corrected chi connectivity index (χ1v) is 7.90. The van der Waals surface area contributed by atoms with E-state index in [1.165, 1.54) is 0 Å². The summed E-state index contributed by atoms with van der Waals surface area (Å²) in [5, 5.41) is 6.86. The molecular formula is C16H30N4O. The number of nitrogens with zero attached hydrogens (tertiary/aromatic N) is 2. The Balaban J connectivity index is 3.07. The molecule has 0 fully saturated rings. The minimum absolute atomic E-state index is 0.243. The summed E-state index contributed by atoms with van der Waals surface area (Å²) in [6, 6.07) is 0.243. The molecule has 0 aliphatic heterocycles. The van der Waals surface area contributed by atoms with E-state index in [0.717, 1.165) is 42.4 Å². The Hall–Kier alpha value is -1.36. The second-order valence-corrected chi connectivity index (χ2v) is 5.69. The molecule has 1 atom stereocenters. The van der Waals surface area contributed by atoms with Gasteiger partial charge in [-0.05, 0) is 26.2 Å². The predicted molar refractivity (Wildman–Crippen MR) is 89.1 cm³/mol. The SMILES string of the molecule is CCCc1nc(NCC)c(C)c(NC(COC)C(C)C)n1. The number of ether oxygens (including phenoxy) is 1. The zero-order valence-corrected chi connectivity index (χ0v) is 14.3. The van der Waals surface area contributed by atoms with Gasteiger partial charge in [-0.1, -0.05) is 20.8 Å². The molecule has 0 spiro atoms. The molecule has 0 saturated heterocycles. The van der Waals surface area contributed by atoms with E-state index in [2.05, 4.69) is 50.2 Å². The van der Waals surface area contributed by atoms with Crippen LogP contribution in [0.15, 0.2) is 0 Å². The third kappa shape index (κ3) is 5.16. The van der Waals surface area contributed by atoms with E-state index >= 15 is 0 Å². The van der Waals surface area contributed by atoms with Gasteiger partial charge < -0.3 is 15.4 Å². The maximum atomic E-state index is 5.31. The standard InChI is InChI=1S/C16H30N4O/c1-7-9-14-19-15(17-8-2)12(5)16(20-14)18-13(10-21-6)11(3)4/h11,13H,7-10H2,1-6H3,(H2,17,18,19,20). The molecule has 0 aliphatic carbocycles. The minimum atomic E-state index is 0.243. The van der Waals surface area contributed by atoms with Crippen LogP contribution >= 0.6 is 0 Å². The molecule has 5 heteroatoms. The maximum absolute atomic E-state index is 5.31. The van der Waals surface area contributed by atoms with Crippen molar-refractivity contribution in [3.63, 3.8) is 0 Å². The van der Waals surface area contributed by atoms with Crippen LogP contribution in [0.4, 0.5) is 11.6 Å². The van der Waals surface area contributed by atoms with Crippen molar-refractivity contribution >= 4 is 11.6 Å². The van der Waals surface area contributed by atoms with Gasteiger partial charge in [0.25, 0.3) is 0 Å². The zero-order valence-electron chi connectivity index (χ0n) is 14.3. The summed E-state index contributed by atoms with van der Waals surface area (Å²) in [5.74, 6) is 3.21. The largest absolute Gasteiger partial charge is 0.383 e. The molecule has 1 aromatic heterocycles. The number of hydrogen-bond donors (Lipinski definition) is 2. The molecule has 21 heavy (non-hydrogen) atoms. The number of nitrogens with one attached hydrogen (secondary N) is 2. The quantitative estimate of drug-likeness (QED) is 0.732. The van der Waals surface area contributed by atoms with Gasteiger partial charge in [-0.3, -0.25) is 0 Å². The minimum Gasteiger partial charge on any atom is -0.383 e. The van der Waals surface area contributed by atoms with Crippen molar-refractivity contribution in [3.8, 4) is 0 Å². The average Bonchev–Trinajstić information content (AvgIpc) is 2.43. The number of aromatic nitrogens is 2. The lowest BCUT2D eigenvalue weighted by Crippen LogP contribution is -2.31. The Kier molecular flexibility index (Phi) is 7.43. The van der Waals surface area contributed by atoms with Gasteiger partial charge in [0.1, 0.15) is 17.5 Å². The molecule has 0 aromatic carbocycles. The van der Waals surface area contributed by atoms with Crippen LogP contribution < -0.4 is 10.6 Å². The predicted octanol–water partition coefficient (Wildman–Crippen LogP) is 3.25. The molecule has 5 nitrogen and oxygen atoms in total. The molecule has 1 rings (SSSR count). The number of anilines is 2. The fraction of sp³-hybridized carbons (Fsp3) is 0.750. The Morgan fingerprint density at radius 2 is 1.81 bits per heavy atom. The molecular weight excluding hydrogens is 264 g/mol. The average molecular weight is 294 g/mol. The normalized spacial score (nSPS) is 12.5. The monoisotopic (exact) mass is 294 g/mol. The summed E-state index contributed by atoms with van der Waals surface area (Å²) in [4.78, 5) is 9.31. The van der Waals surface area contributed by atoms with E-state index in [4.69, 9.17) is 9.72 Å². The highest BCUT2D eigenvalue weighted by Crippen LogP contribution is 2.22. The van der Waals surface area contributed by atoms with Gasteiger partial charge in [0.2, 0.25) is 0 Å². The number of hydrogen-bond acceptors (Lipinski definition) is 5. The van der Waals surface area contributed by atoms with Crippen molar-refractivity contribution in [1.29, 1.82) is 0 Å². The van der Waals surface area contributed by atoms with Crippen LogP contribution in [0, 0.1) is 12.8 Å². The Morgan fingerprint density at radius 3 is 2.33 bits per heavy atom. The molecule has 0 aliphatic rings. The fourth-order valence-corrected chi connectivity index (χ4v) is 2.13. The molecule has 0 radical (unpaired) electrons. The van der Waals surface area contributed by atoms with Crippen LogP contribution in [0.5, 0.6) is 0 Å². The van der Waals surface area contributed by atoms with Crippen LogP contribution in [-0.2, 0) is 11.2 Å². The second kappa shape index (κ2) is 8.82. The van der Waals surface area contributed by atoms with Crippen molar-refractivity contribution in [2.75, 3.05) is 30.9 Å². The van der Waals surface area contributed by atoms with E-state index in [0.29, 0.717) is 12.5 Å². The van der Waals surface area contributed by atoms with Gasteiger partial charge in [0.05, 0.1) is 12.6 Å². The Bertz CT molecular complexity index is 435. The first-order valence-electron chi connectivity index (χ1n) is 7.90. The van der Waals surface area contributed by atoms with Crippen molar-refractivity contribution < 1.29 is 4.74 Å². The number of methoxy groups -OCH3 is 1. The first-order chi connectivity index (χ1) is 10.0. The highest BCUT2D eigenvalue weighted by atomic mass is 16.5. The highest BCUT2D eigenvalue weighted by Gasteiger charge is 2.17. The van der Waals surface area contributed by atoms with Crippen molar-refractivity contribution in [2.24, 2.45) is 5.92 Å². The second-order valence-electron chi connectivity index (χ2n) is 5.69. The number of aryl methyl sites for hydroxylation is 1. The third-order valence-electron chi connectivity index (χ3n) is 3.48. The van der Waals surface area contributed by atoms with Crippen LogP contribution in [-0.4, -0.2) is 36.3 Å². The van der Waals surface area contributed by atoms with Crippen molar-refractivity contribution in [1.82, 2.24) is 9.97 Å². The Morgan fingerprint density at radius 1 is 1.14 bits per heavy atom. The summed E-state index contributed by atoms with van der Waals surface area (Å²) in [7, 11) is 1.73. The van der Waals surface area contributed by atoms with E-state index in [-0.39, 0.29) is 6.04 Å². The lowest BCUT2D eigenvalue weighted by atomic mass is 10.1. The van der Waals surface area contributed by atoms with Crippen LogP contribution in [0.1, 0.15) is 45.5 Å². The molecule has 120 valence electrons. The van der Waals surface area contributed by atoms with E-state index in [1.54, 1.807) is 7.11 Å². The molecule has 1 aromatic rings.